The maximum Gasteiger partial charge on any atom is 0.349 e. The molecule has 1 fully saturated rings. The van der Waals surface area contributed by atoms with E-state index in [1.165, 1.54) is 25.1 Å². The molecule has 1 saturated heterocycles. The molecule has 2 aromatic rings. The molecule has 3 rings (SSSR count). The Hall–Kier alpha value is -2.48. The Morgan fingerprint density at radius 1 is 1.39 bits per heavy atom. The fourth-order valence-corrected chi connectivity index (χ4v) is 3.21. The van der Waals surface area contributed by atoms with E-state index in [0.717, 1.165) is 20.9 Å². The van der Waals surface area contributed by atoms with Gasteiger partial charge < -0.3 is 10.1 Å². The standard InChI is InChI=1S/C15H13FN2O4S/c1-8(13(19)18-5-4-17-15(18)21)22-14(20)12-7-9-6-10(16)2-3-11(9)23-12/h2-3,6-8H,4-5H2,1H3,(H,17,21)/t8-/m1/s1. The molecule has 23 heavy (non-hydrogen) atoms. The van der Waals surface area contributed by atoms with Gasteiger partial charge in [-0.05, 0) is 36.6 Å². The Labute approximate surface area is 134 Å². The van der Waals surface area contributed by atoms with Crippen molar-refractivity contribution < 1.29 is 23.5 Å². The molecule has 120 valence electrons. The summed E-state index contributed by atoms with van der Waals surface area (Å²) < 4.78 is 19.0. The van der Waals surface area contributed by atoms with Crippen LogP contribution in [0.4, 0.5) is 9.18 Å². The smallest absolute Gasteiger partial charge is 0.349 e. The number of imide groups is 1. The third-order valence-electron chi connectivity index (χ3n) is 3.43. The average molecular weight is 336 g/mol. The van der Waals surface area contributed by atoms with Crippen molar-refractivity contribution in [1.82, 2.24) is 10.2 Å². The zero-order valence-electron chi connectivity index (χ0n) is 12.2. The van der Waals surface area contributed by atoms with Crippen LogP contribution in [0.1, 0.15) is 16.6 Å². The molecule has 1 aromatic heterocycles. The third kappa shape index (κ3) is 3.02. The molecule has 1 aromatic carbocycles. The van der Waals surface area contributed by atoms with Crippen LogP contribution >= 0.6 is 11.3 Å². The van der Waals surface area contributed by atoms with Gasteiger partial charge in [-0.15, -0.1) is 11.3 Å². The van der Waals surface area contributed by atoms with E-state index in [1.807, 2.05) is 0 Å². The zero-order chi connectivity index (χ0) is 16.6. The summed E-state index contributed by atoms with van der Waals surface area (Å²) in [6, 6.07) is 5.24. The number of hydrogen-bond donors (Lipinski definition) is 1. The second-order valence-corrected chi connectivity index (χ2v) is 6.15. The van der Waals surface area contributed by atoms with Gasteiger partial charge >= 0.3 is 12.0 Å². The van der Waals surface area contributed by atoms with E-state index in [4.69, 9.17) is 4.74 Å². The summed E-state index contributed by atoms with van der Waals surface area (Å²) in [5, 5.41) is 3.10. The highest BCUT2D eigenvalue weighted by molar-refractivity contribution is 7.20. The number of carbonyl (C=O) groups is 3. The van der Waals surface area contributed by atoms with Crippen molar-refractivity contribution in [3.8, 4) is 0 Å². The Morgan fingerprint density at radius 2 is 2.17 bits per heavy atom. The monoisotopic (exact) mass is 336 g/mol. The first kappa shape index (κ1) is 15.4. The van der Waals surface area contributed by atoms with Gasteiger partial charge in [0.05, 0.1) is 0 Å². The molecule has 1 aliphatic rings. The van der Waals surface area contributed by atoms with Gasteiger partial charge in [0.2, 0.25) is 0 Å². The minimum atomic E-state index is -1.08. The zero-order valence-corrected chi connectivity index (χ0v) is 13.0. The molecule has 0 unspecified atom stereocenters. The van der Waals surface area contributed by atoms with Crippen LogP contribution in [0.25, 0.3) is 10.1 Å². The number of urea groups is 1. The number of carbonyl (C=O) groups excluding carboxylic acids is 3. The van der Waals surface area contributed by atoms with Crippen LogP contribution in [0.3, 0.4) is 0 Å². The summed E-state index contributed by atoms with van der Waals surface area (Å²) in [5.74, 6) is -1.63. The fraction of sp³-hybridized carbons (Fsp3) is 0.267. The summed E-state index contributed by atoms with van der Waals surface area (Å²) in [5.41, 5.74) is 0. The first-order chi connectivity index (χ1) is 11.0. The van der Waals surface area contributed by atoms with Crippen molar-refractivity contribution in [2.24, 2.45) is 0 Å². The van der Waals surface area contributed by atoms with Gasteiger partial charge in [-0.3, -0.25) is 9.69 Å². The number of benzene rings is 1. The summed E-state index contributed by atoms with van der Waals surface area (Å²) in [6.45, 7) is 2.05. The van der Waals surface area contributed by atoms with E-state index in [-0.39, 0.29) is 17.2 Å². The Kier molecular flexibility index (Phi) is 3.99. The van der Waals surface area contributed by atoms with E-state index < -0.39 is 24.0 Å². The first-order valence-electron chi connectivity index (χ1n) is 6.95. The van der Waals surface area contributed by atoms with Crippen molar-refractivity contribution in [1.29, 1.82) is 0 Å². The predicted molar refractivity (Wildman–Crippen MR) is 81.8 cm³/mol. The lowest BCUT2D eigenvalue weighted by atomic mass is 10.2. The quantitative estimate of drug-likeness (QED) is 0.872. The number of rotatable bonds is 3. The summed E-state index contributed by atoms with van der Waals surface area (Å²) in [4.78, 5) is 36.9. The molecule has 0 bridgehead atoms. The molecule has 8 heteroatoms. The van der Waals surface area contributed by atoms with Crippen LogP contribution in [-0.4, -0.2) is 42.0 Å². The molecule has 0 aliphatic carbocycles. The first-order valence-corrected chi connectivity index (χ1v) is 7.76. The van der Waals surface area contributed by atoms with E-state index >= 15 is 0 Å². The molecule has 6 nitrogen and oxygen atoms in total. The number of thiophene rings is 1. The second-order valence-electron chi connectivity index (χ2n) is 5.06. The molecular formula is C15H13FN2O4S. The third-order valence-corrected chi connectivity index (χ3v) is 4.53. The Bertz CT molecular complexity index is 804. The van der Waals surface area contributed by atoms with Gasteiger partial charge in [0.15, 0.2) is 6.10 Å². The van der Waals surface area contributed by atoms with Crippen LogP contribution in [0, 0.1) is 5.82 Å². The molecule has 1 atom stereocenters. The van der Waals surface area contributed by atoms with Crippen LogP contribution in [0.5, 0.6) is 0 Å². The lowest BCUT2D eigenvalue weighted by molar-refractivity contribution is -0.135. The van der Waals surface area contributed by atoms with E-state index in [0.29, 0.717) is 11.9 Å². The lowest BCUT2D eigenvalue weighted by Gasteiger charge is -2.17. The molecule has 0 saturated carbocycles. The summed E-state index contributed by atoms with van der Waals surface area (Å²) in [6.07, 6.45) is -1.08. The van der Waals surface area contributed by atoms with Crippen LogP contribution in [0.2, 0.25) is 0 Å². The highest BCUT2D eigenvalue weighted by atomic mass is 32.1. The van der Waals surface area contributed by atoms with E-state index in [1.54, 1.807) is 6.07 Å². The summed E-state index contributed by atoms with van der Waals surface area (Å²) >= 11 is 1.16. The topological polar surface area (TPSA) is 75.7 Å². The number of hydrogen-bond acceptors (Lipinski definition) is 5. The summed E-state index contributed by atoms with van der Waals surface area (Å²) in [7, 11) is 0. The van der Waals surface area contributed by atoms with Gasteiger partial charge in [0, 0.05) is 17.8 Å². The van der Waals surface area contributed by atoms with Crippen molar-refractivity contribution in [3.05, 3.63) is 35.0 Å². The minimum Gasteiger partial charge on any atom is -0.448 e. The highest BCUT2D eigenvalue weighted by Gasteiger charge is 2.32. The SMILES string of the molecule is C[C@@H](OC(=O)c1cc2cc(F)ccc2s1)C(=O)N1CCNC1=O. The number of nitrogens with one attached hydrogen (secondary N) is 1. The van der Waals surface area contributed by atoms with Crippen molar-refractivity contribution in [2.75, 3.05) is 13.1 Å². The van der Waals surface area contributed by atoms with Crippen molar-refractivity contribution >= 4 is 39.3 Å². The van der Waals surface area contributed by atoms with Crippen LogP contribution in [-0.2, 0) is 9.53 Å². The van der Waals surface area contributed by atoms with Gasteiger partial charge in [-0.2, -0.15) is 0 Å². The van der Waals surface area contributed by atoms with Crippen molar-refractivity contribution in [2.45, 2.75) is 13.0 Å². The van der Waals surface area contributed by atoms with Crippen LogP contribution in [0.15, 0.2) is 24.3 Å². The number of esters is 1. The lowest BCUT2D eigenvalue weighted by Crippen LogP contribution is -2.41. The van der Waals surface area contributed by atoms with Crippen LogP contribution < -0.4 is 5.32 Å². The van der Waals surface area contributed by atoms with E-state index in [2.05, 4.69) is 5.32 Å². The Balaban J connectivity index is 1.72. The highest BCUT2D eigenvalue weighted by Crippen LogP contribution is 2.27. The average Bonchev–Trinajstić information content (AvgIpc) is 3.11. The van der Waals surface area contributed by atoms with Gasteiger partial charge in [-0.1, -0.05) is 0 Å². The molecule has 2 heterocycles. The largest absolute Gasteiger partial charge is 0.448 e. The fourth-order valence-electron chi connectivity index (χ4n) is 2.29. The molecule has 0 radical (unpaired) electrons. The number of nitrogens with zero attached hydrogens (tertiary/aromatic N) is 1. The van der Waals surface area contributed by atoms with E-state index in [9.17, 15) is 18.8 Å². The maximum absolute atomic E-state index is 13.2. The predicted octanol–water partition coefficient (Wildman–Crippen LogP) is 2.14. The minimum absolute atomic E-state index is 0.252. The number of halogens is 1. The number of ether oxygens (including phenoxy) is 1. The molecule has 0 spiro atoms. The number of amides is 3. The molecular weight excluding hydrogens is 323 g/mol. The van der Waals surface area contributed by atoms with Crippen molar-refractivity contribution in [3.63, 3.8) is 0 Å². The molecule has 1 aliphatic heterocycles. The van der Waals surface area contributed by atoms with Gasteiger partial charge in [-0.25, -0.2) is 14.0 Å². The number of fused-ring (bicyclic) bond motifs is 1. The van der Waals surface area contributed by atoms with Gasteiger partial charge in [0.1, 0.15) is 10.7 Å². The molecule has 3 amide bonds. The maximum atomic E-state index is 13.2. The second kappa shape index (κ2) is 5.96. The Morgan fingerprint density at radius 3 is 2.87 bits per heavy atom. The molecule has 1 N–H and O–H groups in total. The normalized spacial score (nSPS) is 15.6. The van der Waals surface area contributed by atoms with Gasteiger partial charge in [0.25, 0.3) is 5.91 Å².